The van der Waals surface area contributed by atoms with E-state index in [1.165, 1.54) is 11.1 Å². The molecule has 166 valence electrons. The van der Waals surface area contributed by atoms with Gasteiger partial charge in [-0.05, 0) is 73.9 Å². The first kappa shape index (κ1) is 21.2. The van der Waals surface area contributed by atoms with Crippen molar-refractivity contribution in [1.82, 2.24) is 4.98 Å². The second-order valence-electron chi connectivity index (χ2n) is 8.02. The van der Waals surface area contributed by atoms with E-state index in [0.29, 0.717) is 39.7 Å². The minimum Gasteiger partial charge on any atom is -0.494 e. The summed E-state index contributed by atoms with van der Waals surface area (Å²) < 4.78 is 11.7. The molecule has 0 spiro atoms. The summed E-state index contributed by atoms with van der Waals surface area (Å²) in [5.41, 5.74) is 3.13. The van der Waals surface area contributed by atoms with Crippen molar-refractivity contribution in [3.8, 4) is 5.75 Å². The van der Waals surface area contributed by atoms with Gasteiger partial charge in [0.15, 0.2) is 5.43 Å². The van der Waals surface area contributed by atoms with Gasteiger partial charge in [-0.25, -0.2) is 4.98 Å². The van der Waals surface area contributed by atoms with Gasteiger partial charge in [-0.3, -0.25) is 14.5 Å². The molecule has 2 aromatic heterocycles. The standard InChI is InChI=1S/C26H21ClN2O4/c1-4-32-18-7-5-6-16(12-18)23-22-24(30)19-10-14(2)15(3)11-20(19)33-25(22)26(31)29(23)21-9-8-17(27)13-28-21/h5-13,23H,4H2,1-3H3. The number of pyridine rings is 1. The summed E-state index contributed by atoms with van der Waals surface area (Å²) in [6, 6.07) is 13.6. The highest BCUT2D eigenvalue weighted by molar-refractivity contribution is 6.30. The molecule has 7 heteroatoms. The first-order valence-corrected chi connectivity index (χ1v) is 11.0. The Morgan fingerprint density at radius 2 is 1.88 bits per heavy atom. The minimum atomic E-state index is -0.719. The Morgan fingerprint density at radius 1 is 1.09 bits per heavy atom. The van der Waals surface area contributed by atoms with E-state index < -0.39 is 11.9 Å². The van der Waals surface area contributed by atoms with Crippen LogP contribution in [0.5, 0.6) is 5.75 Å². The third kappa shape index (κ3) is 3.47. The summed E-state index contributed by atoms with van der Waals surface area (Å²) >= 11 is 6.03. The van der Waals surface area contributed by atoms with Gasteiger partial charge in [0.05, 0.1) is 28.6 Å². The Morgan fingerprint density at radius 3 is 2.61 bits per heavy atom. The highest BCUT2D eigenvalue weighted by Gasteiger charge is 2.44. The Balaban J connectivity index is 1.80. The van der Waals surface area contributed by atoms with Crippen LogP contribution in [-0.4, -0.2) is 17.5 Å². The van der Waals surface area contributed by atoms with Crippen LogP contribution in [-0.2, 0) is 0 Å². The lowest BCUT2D eigenvalue weighted by atomic mass is 9.97. The number of nitrogens with zero attached hydrogens (tertiary/aromatic N) is 2. The summed E-state index contributed by atoms with van der Waals surface area (Å²) in [5.74, 6) is 0.623. The average Bonchev–Trinajstić information content (AvgIpc) is 3.09. The van der Waals surface area contributed by atoms with Gasteiger partial charge in [0.25, 0.3) is 5.91 Å². The number of benzene rings is 2. The molecule has 1 atom stereocenters. The molecule has 3 heterocycles. The van der Waals surface area contributed by atoms with Gasteiger partial charge in [0.1, 0.15) is 17.2 Å². The summed E-state index contributed by atoms with van der Waals surface area (Å²) in [7, 11) is 0. The van der Waals surface area contributed by atoms with E-state index in [1.54, 1.807) is 18.2 Å². The van der Waals surface area contributed by atoms with Crippen molar-refractivity contribution < 1.29 is 13.9 Å². The maximum atomic E-state index is 13.7. The van der Waals surface area contributed by atoms with Gasteiger partial charge < -0.3 is 9.15 Å². The van der Waals surface area contributed by atoms with Crippen LogP contribution < -0.4 is 15.1 Å². The Bertz CT molecular complexity index is 1460. The van der Waals surface area contributed by atoms with Crippen LogP contribution in [0.15, 0.2) is 63.9 Å². The Kier molecular flexibility index (Phi) is 5.17. The molecule has 0 N–H and O–H groups in total. The van der Waals surface area contributed by atoms with Crippen LogP contribution in [0.2, 0.25) is 5.02 Å². The lowest BCUT2D eigenvalue weighted by Gasteiger charge is -2.24. The van der Waals surface area contributed by atoms with Crippen LogP contribution in [0.25, 0.3) is 11.0 Å². The zero-order valence-electron chi connectivity index (χ0n) is 18.4. The van der Waals surface area contributed by atoms with Gasteiger partial charge in [-0.15, -0.1) is 0 Å². The lowest BCUT2D eigenvalue weighted by Crippen LogP contribution is -2.30. The second-order valence-corrected chi connectivity index (χ2v) is 8.46. The van der Waals surface area contributed by atoms with E-state index in [4.69, 9.17) is 20.8 Å². The molecular weight excluding hydrogens is 440 g/mol. The fraction of sp³-hybridized carbons (Fsp3) is 0.192. The van der Waals surface area contributed by atoms with Crippen LogP contribution in [0.3, 0.4) is 0 Å². The van der Waals surface area contributed by atoms with E-state index in [2.05, 4.69) is 4.98 Å². The molecule has 5 rings (SSSR count). The molecule has 1 aliphatic rings. The number of amides is 1. The van der Waals surface area contributed by atoms with Crippen LogP contribution in [0, 0.1) is 13.8 Å². The summed E-state index contributed by atoms with van der Waals surface area (Å²) in [5, 5.41) is 0.894. The molecule has 0 bridgehead atoms. The number of hydrogen-bond acceptors (Lipinski definition) is 5. The zero-order valence-corrected chi connectivity index (χ0v) is 19.1. The predicted octanol–water partition coefficient (Wildman–Crippen LogP) is 5.61. The number of hydrogen-bond donors (Lipinski definition) is 0. The number of aryl methyl sites for hydroxylation is 2. The number of aromatic nitrogens is 1. The molecule has 6 nitrogen and oxygen atoms in total. The fourth-order valence-corrected chi connectivity index (χ4v) is 4.34. The van der Waals surface area contributed by atoms with E-state index in [9.17, 15) is 9.59 Å². The maximum absolute atomic E-state index is 13.7. The SMILES string of the molecule is CCOc1cccc(C2c3c(oc4cc(C)c(C)cc4c3=O)C(=O)N2c2ccc(Cl)cn2)c1. The molecule has 0 saturated carbocycles. The predicted molar refractivity (Wildman–Crippen MR) is 127 cm³/mol. The van der Waals surface area contributed by atoms with Crippen molar-refractivity contribution in [2.45, 2.75) is 26.8 Å². The maximum Gasteiger partial charge on any atom is 0.296 e. The Hall–Kier alpha value is -3.64. The van der Waals surface area contributed by atoms with Crippen molar-refractivity contribution in [2.24, 2.45) is 0 Å². The number of ether oxygens (including phenoxy) is 1. The van der Waals surface area contributed by atoms with Crippen molar-refractivity contribution in [3.63, 3.8) is 0 Å². The first-order valence-electron chi connectivity index (χ1n) is 10.6. The van der Waals surface area contributed by atoms with Crippen molar-refractivity contribution in [3.05, 3.63) is 98.0 Å². The second kappa shape index (κ2) is 8.05. The van der Waals surface area contributed by atoms with Gasteiger partial charge in [0.2, 0.25) is 5.76 Å². The van der Waals surface area contributed by atoms with Crippen LogP contribution >= 0.6 is 11.6 Å². The molecular formula is C26H21ClN2O4. The molecule has 0 aliphatic carbocycles. The first-order chi connectivity index (χ1) is 15.9. The van der Waals surface area contributed by atoms with Gasteiger partial charge in [0, 0.05) is 6.20 Å². The zero-order chi connectivity index (χ0) is 23.3. The molecule has 0 radical (unpaired) electrons. The van der Waals surface area contributed by atoms with Crippen LogP contribution in [0.1, 0.15) is 45.8 Å². The summed E-state index contributed by atoms with van der Waals surface area (Å²) in [4.78, 5) is 33.2. The van der Waals surface area contributed by atoms with Crippen LogP contribution in [0.4, 0.5) is 5.82 Å². The molecule has 1 amide bonds. The van der Waals surface area contributed by atoms with Crippen molar-refractivity contribution in [2.75, 3.05) is 11.5 Å². The van der Waals surface area contributed by atoms with E-state index in [1.807, 2.05) is 51.1 Å². The molecule has 4 aromatic rings. The highest BCUT2D eigenvalue weighted by atomic mass is 35.5. The van der Waals surface area contributed by atoms with Crippen molar-refractivity contribution >= 4 is 34.3 Å². The minimum absolute atomic E-state index is 0.0271. The Labute approximate surface area is 195 Å². The largest absolute Gasteiger partial charge is 0.494 e. The number of carbonyl (C=O) groups excluding carboxylic acids is 1. The molecule has 1 aliphatic heterocycles. The smallest absolute Gasteiger partial charge is 0.296 e. The van der Waals surface area contributed by atoms with E-state index in [-0.39, 0.29) is 11.2 Å². The van der Waals surface area contributed by atoms with Gasteiger partial charge >= 0.3 is 0 Å². The monoisotopic (exact) mass is 460 g/mol. The number of fused-ring (bicyclic) bond motifs is 2. The fourth-order valence-electron chi connectivity index (χ4n) is 4.23. The third-order valence-corrected chi connectivity index (χ3v) is 6.15. The quantitative estimate of drug-likeness (QED) is 0.396. The number of anilines is 1. The molecule has 0 fully saturated rings. The summed E-state index contributed by atoms with van der Waals surface area (Å²) in [6.07, 6.45) is 1.47. The highest BCUT2D eigenvalue weighted by Crippen LogP contribution is 2.41. The van der Waals surface area contributed by atoms with E-state index >= 15 is 0 Å². The molecule has 33 heavy (non-hydrogen) atoms. The lowest BCUT2D eigenvalue weighted by molar-refractivity contribution is 0.0970. The molecule has 1 unspecified atom stereocenters. The molecule has 0 saturated heterocycles. The normalized spacial score (nSPS) is 15.2. The van der Waals surface area contributed by atoms with E-state index in [0.717, 1.165) is 16.7 Å². The third-order valence-electron chi connectivity index (χ3n) is 5.93. The number of carbonyl (C=O) groups is 1. The van der Waals surface area contributed by atoms with Gasteiger partial charge in [-0.1, -0.05) is 23.7 Å². The van der Waals surface area contributed by atoms with Crippen molar-refractivity contribution in [1.29, 1.82) is 0 Å². The molecule has 2 aromatic carbocycles. The summed E-state index contributed by atoms with van der Waals surface area (Å²) in [6.45, 7) is 6.28. The average molecular weight is 461 g/mol. The number of halogens is 1. The van der Waals surface area contributed by atoms with Gasteiger partial charge in [-0.2, -0.15) is 0 Å². The number of rotatable bonds is 4. The topological polar surface area (TPSA) is 72.6 Å².